The van der Waals surface area contributed by atoms with Crippen LogP contribution >= 0.6 is 0 Å². The van der Waals surface area contributed by atoms with Crippen LogP contribution in [0.5, 0.6) is 0 Å². The highest BCUT2D eigenvalue weighted by Crippen LogP contribution is 2.27. The molecular formula is C25H20O2S2. The average molecular weight is 417 g/mol. The molecule has 0 heterocycles. The van der Waals surface area contributed by atoms with Gasteiger partial charge in [-0.1, -0.05) is 35.9 Å². The van der Waals surface area contributed by atoms with Gasteiger partial charge in [-0.3, -0.25) is 0 Å². The Morgan fingerprint density at radius 2 is 0.793 bits per heavy atom. The number of rotatable bonds is 5. The van der Waals surface area contributed by atoms with Crippen LogP contribution in [0, 0.1) is 6.92 Å². The number of aryl methyl sites for hydroxylation is 1. The zero-order valence-corrected chi connectivity index (χ0v) is 17.6. The molecule has 2 unspecified atom stereocenters. The highest BCUT2D eigenvalue weighted by molar-refractivity contribution is 7.91. The van der Waals surface area contributed by atoms with E-state index in [0.717, 1.165) is 36.3 Å². The van der Waals surface area contributed by atoms with Crippen molar-refractivity contribution >= 4 is 22.4 Å². The molecule has 0 bridgehead atoms. The largest absolute Gasteiger partial charge is 0.606 e. The Balaban J connectivity index is 1.51. The van der Waals surface area contributed by atoms with Gasteiger partial charge in [0.1, 0.15) is 0 Å². The van der Waals surface area contributed by atoms with Crippen LogP contribution in [0.3, 0.4) is 0 Å². The Morgan fingerprint density at radius 3 is 1.21 bits per heavy atom. The van der Waals surface area contributed by atoms with Gasteiger partial charge in [0.05, 0.1) is 0 Å². The SMILES string of the molecule is Cc1ccc([S+]([O-])c2ccc(-c3ccc([S+]([O-])c4ccccc4)cc3)cc2)cc1. The summed E-state index contributed by atoms with van der Waals surface area (Å²) in [6, 6.07) is 32.7. The third kappa shape index (κ3) is 4.57. The van der Waals surface area contributed by atoms with Gasteiger partial charge in [0.25, 0.3) is 0 Å². The van der Waals surface area contributed by atoms with E-state index in [-0.39, 0.29) is 0 Å². The van der Waals surface area contributed by atoms with Crippen molar-refractivity contribution < 1.29 is 9.11 Å². The fraction of sp³-hybridized carbons (Fsp3) is 0.0400. The molecule has 0 aliphatic carbocycles. The second kappa shape index (κ2) is 8.89. The number of benzene rings is 4. The monoisotopic (exact) mass is 416 g/mol. The van der Waals surface area contributed by atoms with Crippen molar-refractivity contribution in [3.8, 4) is 11.1 Å². The van der Waals surface area contributed by atoms with Crippen LogP contribution in [0.1, 0.15) is 5.56 Å². The fourth-order valence-corrected chi connectivity index (χ4v) is 5.12. The lowest BCUT2D eigenvalue weighted by Gasteiger charge is -2.12. The van der Waals surface area contributed by atoms with Crippen molar-refractivity contribution in [1.29, 1.82) is 0 Å². The molecule has 0 saturated heterocycles. The quantitative estimate of drug-likeness (QED) is 0.375. The van der Waals surface area contributed by atoms with Gasteiger partial charge in [0.2, 0.25) is 0 Å². The van der Waals surface area contributed by atoms with Gasteiger partial charge >= 0.3 is 0 Å². The Labute approximate surface area is 177 Å². The molecule has 0 aliphatic rings. The summed E-state index contributed by atoms with van der Waals surface area (Å²) in [7, 11) is 0. The summed E-state index contributed by atoms with van der Waals surface area (Å²) in [5, 5.41) is 0. The van der Waals surface area contributed by atoms with Crippen molar-refractivity contribution in [2.45, 2.75) is 26.5 Å². The van der Waals surface area contributed by atoms with Crippen molar-refractivity contribution in [3.05, 3.63) is 109 Å². The van der Waals surface area contributed by atoms with E-state index >= 15 is 0 Å². The first kappa shape index (κ1) is 19.8. The maximum Gasteiger partial charge on any atom is 0.158 e. The molecule has 144 valence electrons. The van der Waals surface area contributed by atoms with Gasteiger partial charge in [-0.05, 0) is 90.8 Å². The maximum atomic E-state index is 12.7. The van der Waals surface area contributed by atoms with Crippen LogP contribution in [0.15, 0.2) is 123 Å². The van der Waals surface area contributed by atoms with E-state index in [2.05, 4.69) is 0 Å². The smallest absolute Gasteiger partial charge is 0.158 e. The predicted molar refractivity (Wildman–Crippen MR) is 119 cm³/mol. The lowest BCUT2D eigenvalue weighted by atomic mass is 10.1. The summed E-state index contributed by atoms with van der Waals surface area (Å²) in [5.74, 6) is 0. The molecule has 0 amide bonds. The molecule has 0 fully saturated rings. The molecule has 0 N–H and O–H groups in total. The Bertz CT molecular complexity index is 1060. The van der Waals surface area contributed by atoms with E-state index in [1.165, 1.54) is 0 Å². The molecule has 4 aromatic carbocycles. The van der Waals surface area contributed by atoms with Crippen LogP contribution in [0.25, 0.3) is 11.1 Å². The fourth-order valence-electron chi connectivity index (χ4n) is 3.02. The van der Waals surface area contributed by atoms with Crippen LogP contribution in [-0.4, -0.2) is 9.11 Å². The second-order valence-electron chi connectivity index (χ2n) is 6.71. The molecule has 2 atom stereocenters. The standard InChI is InChI=1S/C25H20O2S2/c1-19-7-13-23(14-8-19)29(27)25-17-11-21(12-18-25)20-9-15-24(16-10-20)28(26)22-5-3-2-4-6-22/h2-18H,1H3. The molecule has 2 nitrogen and oxygen atoms in total. The van der Waals surface area contributed by atoms with Crippen LogP contribution in [0.2, 0.25) is 0 Å². The van der Waals surface area contributed by atoms with Gasteiger partial charge in [0.15, 0.2) is 19.6 Å². The normalized spacial score (nSPS) is 13.1. The molecule has 0 spiro atoms. The highest BCUT2D eigenvalue weighted by Gasteiger charge is 2.16. The highest BCUT2D eigenvalue weighted by atomic mass is 32.2. The van der Waals surface area contributed by atoms with Crippen molar-refractivity contribution in [2.24, 2.45) is 0 Å². The van der Waals surface area contributed by atoms with Gasteiger partial charge in [-0.2, -0.15) is 0 Å². The van der Waals surface area contributed by atoms with Gasteiger partial charge < -0.3 is 9.11 Å². The van der Waals surface area contributed by atoms with E-state index < -0.39 is 22.4 Å². The van der Waals surface area contributed by atoms with E-state index in [1.807, 2.05) is 110 Å². The minimum Gasteiger partial charge on any atom is -0.606 e. The maximum absolute atomic E-state index is 12.7. The van der Waals surface area contributed by atoms with Gasteiger partial charge in [0, 0.05) is 22.4 Å². The van der Waals surface area contributed by atoms with Gasteiger partial charge in [-0.25, -0.2) is 0 Å². The molecule has 0 radical (unpaired) electrons. The molecule has 0 aliphatic heterocycles. The minimum absolute atomic E-state index is 0.775. The van der Waals surface area contributed by atoms with E-state index in [4.69, 9.17) is 0 Å². The summed E-state index contributed by atoms with van der Waals surface area (Å²) in [6.45, 7) is 2.02. The Hall–Kier alpha value is -2.50. The second-order valence-corrected chi connectivity index (χ2v) is 9.67. The van der Waals surface area contributed by atoms with Crippen LogP contribution in [0.4, 0.5) is 0 Å². The van der Waals surface area contributed by atoms with E-state index in [9.17, 15) is 9.11 Å². The topological polar surface area (TPSA) is 46.1 Å². The third-order valence-electron chi connectivity index (χ3n) is 4.66. The van der Waals surface area contributed by atoms with Crippen LogP contribution < -0.4 is 0 Å². The molecule has 0 saturated carbocycles. The Morgan fingerprint density at radius 1 is 0.448 bits per heavy atom. The molecule has 4 heteroatoms. The average Bonchev–Trinajstić information content (AvgIpc) is 2.79. The summed E-state index contributed by atoms with van der Waals surface area (Å²) >= 11 is -2.38. The summed E-state index contributed by atoms with van der Waals surface area (Å²) in [4.78, 5) is 3.15. The zero-order valence-electron chi connectivity index (χ0n) is 15.9. The first-order valence-corrected chi connectivity index (χ1v) is 11.6. The molecule has 4 aromatic rings. The summed E-state index contributed by atoms with van der Waals surface area (Å²) < 4.78 is 25.4. The van der Waals surface area contributed by atoms with Crippen LogP contribution in [-0.2, 0) is 22.4 Å². The Kier molecular flexibility index (Phi) is 6.07. The molecule has 4 rings (SSSR count). The van der Waals surface area contributed by atoms with E-state index in [1.54, 1.807) is 0 Å². The van der Waals surface area contributed by atoms with Crippen molar-refractivity contribution in [2.75, 3.05) is 0 Å². The number of hydrogen-bond donors (Lipinski definition) is 0. The number of hydrogen-bond acceptors (Lipinski definition) is 2. The van der Waals surface area contributed by atoms with Crippen molar-refractivity contribution in [3.63, 3.8) is 0 Å². The summed E-state index contributed by atoms with van der Waals surface area (Å²) in [5.41, 5.74) is 3.22. The lowest BCUT2D eigenvalue weighted by molar-refractivity contribution is 0.594. The minimum atomic E-state index is -1.19. The van der Waals surface area contributed by atoms with Crippen molar-refractivity contribution in [1.82, 2.24) is 0 Å². The zero-order chi connectivity index (χ0) is 20.2. The summed E-state index contributed by atoms with van der Waals surface area (Å²) in [6.07, 6.45) is 0. The molecule has 29 heavy (non-hydrogen) atoms. The van der Waals surface area contributed by atoms with E-state index in [0.29, 0.717) is 0 Å². The first-order valence-electron chi connectivity index (χ1n) is 9.27. The molecule has 0 aromatic heterocycles. The molecular weight excluding hydrogens is 396 g/mol. The predicted octanol–water partition coefficient (Wildman–Crippen LogP) is 6.00. The third-order valence-corrected chi connectivity index (χ3v) is 7.46. The lowest BCUT2D eigenvalue weighted by Crippen LogP contribution is -2.02. The van der Waals surface area contributed by atoms with Gasteiger partial charge in [-0.15, -0.1) is 0 Å². The first-order chi connectivity index (χ1) is 14.1.